The predicted octanol–water partition coefficient (Wildman–Crippen LogP) is 1.59. The van der Waals surface area contributed by atoms with Gasteiger partial charge in [-0.2, -0.15) is 0 Å². The molecule has 0 aromatic carbocycles. The second-order valence-corrected chi connectivity index (χ2v) is 4.53. The predicted molar refractivity (Wildman–Crippen MR) is 61.0 cm³/mol. The number of aromatic nitrogens is 2. The minimum atomic E-state index is 0.656. The summed E-state index contributed by atoms with van der Waals surface area (Å²) in [6.45, 7) is 0. The van der Waals surface area contributed by atoms with Gasteiger partial charge in [-0.15, -0.1) is 0 Å². The summed E-state index contributed by atoms with van der Waals surface area (Å²) in [5.74, 6) is 0. The van der Waals surface area contributed by atoms with E-state index in [1.807, 2.05) is 12.4 Å². The molecular formula is C12H15N3. The molecule has 3 nitrogen and oxygen atoms in total. The van der Waals surface area contributed by atoms with Crippen LogP contribution in [0.1, 0.15) is 11.3 Å². The van der Waals surface area contributed by atoms with Crippen LogP contribution in [-0.4, -0.2) is 35.0 Å². The monoisotopic (exact) mass is 201 g/mol. The molecular weight excluding hydrogens is 186 g/mol. The summed E-state index contributed by atoms with van der Waals surface area (Å²) < 4.78 is 0. The van der Waals surface area contributed by atoms with Crippen LogP contribution in [0.3, 0.4) is 0 Å². The number of nitrogens with one attached hydrogen (secondary N) is 1. The van der Waals surface area contributed by atoms with Crippen molar-refractivity contribution >= 4 is 10.9 Å². The first kappa shape index (κ1) is 8.92. The van der Waals surface area contributed by atoms with Gasteiger partial charge in [-0.1, -0.05) is 0 Å². The van der Waals surface area contributed by atoms with Gasteiger partial charge in [0.25, 0.3) is 0 Å². The van der Waals surface area contributed by atoms with Gasteiger partial charge in [0.05, 0.1) is 11.7 Å². The number of likely N-dealkylation sites (N-methyl/N-ethyl adjacent to an activating group) is 1. The number of pyridine rings is 1. The molecule has 78 valence electrons. The maximum atomic E-state index is 4.14. The van der Waals surface area contributed by atoms with E-state index in [0.29, 0.717) is 6.04 Å². The van der Waals surface area contributed by atoms with Crippen LogP contribution in [-0.2, 0) is 12.8 Å². The van der Waals surface area contributed by atoms with Gasteiger partial charge < -0.3 is 9.88 Å². The Morgan fingerprint density at radius 2 is 2.27 bits per heavy atom. The number of aromatic amines is 1. The molecule has 0 saturated carbocycles. The SMILES string of the molecule is CN(C)[C@@H]1Cc2[nH]c3cnccc3c2C1. The second-order valence-electron chi connectivity index (χ2n) is 4.53. The standard InChI is InChI=1S/C12H15N3/c1-15(2)8-5-10-9-3-4-13-7-12(9)14-11(10)6-8/h3-4,7-8,14H,5-6H2,1-2H3/t8-/m0/s1. The highest BCUT2D eigenvalue weighted by molar-refractivity contribution is 5.84. The van der Waals surface area contributed by atoms with E-state index in [4.69, 9.17) is 0 Å². The van der Waals surface area contributed by atoms with Gasteiger partial charge in [0.2, 0.25) is 0 Å². The molecule has 0 radical (unpaired) electrons. The average molecular weight is 201 g/mol. The van der Waals surface area contributed by atoms with Crippen LogP contribution in [0.2, 0.25) is 0 Å². The van der Waals surface area contributed by atoms with E-state index >= 15 is 0 Å². The molecule has 0 spiro atoms. The van der Waals surface area contributed by atoms with Crippen LogP contribution in [0.4, 0.5) is 0 Å². The van der Waals surface area contributed by atoms with E-state index in [2.05, 4.69) is 35.0 Å². The summed E-state index contributed by atoms with van der Waals surface area (Å²) in [5.41, 5.74) is 4.07. The quantitative estimate of drug-likeness (QED) is 0.760. The first-order chi connectivity index (χ1) is 7.25. The van der Waals surface area contributed by atoms with Crippen LogP contribution in [0.25, 0.3) is 10.9 Å². The fraction of sp³-hybridized carbons (Fsp3) is 0.417. The molecule has 2 aromatic rings. The Kier molecular flexibility index (Phi) is 1.83. The van der Waals surface area contributed by atoms with Crippen molar-refractivity contribution in [3.8, 4) is 0 Å². The zero-order valence-electron chi connectivity index (χ0n) is 9.12. The number of H-pyrrole nitrogens is 1. The third-order valence-corrected chi connectivity index (χ3v) is 3.41. The zero-order valence-corrected chi connectivity index (χ0v) is 9.12. The molecule has 3 heteroatoms. The van der Waals surface area contributed by atoms with Crippen molar-refractivity contribution in [2.45, 2.75) is 18.9 Å². The maximum absolute atomic E-state index is 4.14. The van der Waals surface area contributed by atoms with E-state index in [0.717, 1.165) is 12.8 Å². The molecule has 0 aliphatic heterocycles. The van der Waals surface area contributed by atoms with E-state index in [1.54, 1.807) is 0 Å². The molecule has 0 fully saturated rings. The summed E-state index contributed by atoms with van der Waals surface area (Å²) in [5, 5.41) is 1.35. The molecule has 1 atom stereocenters. The maximum Gasteiger partial charge on any atom is 0.0645 e. The second kappa shape index (κ2) is 3.07. The number of nitrogens with zero attached hydrogens (tertiary/aromatic N) is 2. The van der Waals surface area contributed by atoms with Crippen molar-refractivity contribution in [2.75, 3.05) is 14.1 Å². The molecule has 0 saturated heterocycles. The fourth-order valence-electron chi connectivity index (χ4n) is 2.47. The van der Waals surface area contributed by atoms with Crippen molar-refractivity contribution in [1.29, 1.82) is 0 Å². The molecule has 3 rings (SSSR count). The molecule has 1 aliphatic rings. The third kappa shape index (κ3) is 1.27. The van der Waals surface area contributed by atoms with Crippen LogP contribution in [0.5, 0.6) is 0 Å². The Hall–Kier alpha value is -1.35. The highest BCUT2D eigenvalue weighted by Gasteiger charge is 2.26. The summed E-state index contributed by atoms with van der Waals surface area (Å²) in [6.07, 6.45) is 6.08. The Bertz CT molecular complexity index is 499. The van der Waals surface area contributed by atoms with Gasteiger partial charge >= 0.3 is 0 Å². The zero-order chi connectivity index (χ0) is 10.4. The van der Waals surface area contributed by atoms with E-state index in [-0.39, 0.29) is 0 Å². The first-order valence-corrected chi connectivity index (χ1v) is 5.35. The van der Waals surface area contributed by atoms with Gasteiger partial charge in [0.15, 0.2) is 0 Å². The summed E-state index contributed by atoms with van der Waals surface area (Å²) in [6, 6.07) is 2.77. The van der Waals surface area contributed by atoms with Gasteiger partial charge in [-0.3, -0.25) is 4.98 Å². The van der Waals surface area contributed by atoms with E-state index in [9.17, 15) is 0 Å². The lowest BCUT2D eigenvalue weighted by molar-refractivity contribution is 0.303. The molecule has 1 N–H and O–H groups in total. The third-order valence-electron chi connectivity index (χ3n) is 3.41. The minimum Gasteiger partial charge on any atom is -0.357 e. The van der Waals surface area contributed by atoms with Crippen LogP contribution < -0.4 is 0 Å². The minimum absolute atomic E-state index is 0.656. The summed E-state index contributed by atoms with van der Waals surface area (Å²) in [7, 11) is 4.31. The lowest BCUT2D eigenvalue weighted by Gasteiger charge is -2.18. The first-order valence-electron chi connectivity index (χ1n) is 5.35. The molecule has 0 amide bonds. The van der Waals surface area contributed by atoms with Crippen LogP contribution in [0.15, 0.2) is 18.5 Å². The highest BCUT2D eigenvalue weighted by atomic mass is 15.1. The fourth-order valence-corrected chi connectivity index (χ4v) is 2.47. The van der Waals surface area contributed by atoms with Gasteiger partial charge in [-0.25, -0.2) is 0 Å². The Balaban J connectivity index is 2.08. The Morgan fingerprint density at radius 1 is 1.40 bits per heavy atom. The largest absolute Gasteiger partial charge is 0.357 e. The number of hydrogen-bond donors (Lipinski definition) is 1. The molecule has 0 unspecified atom stereocenters. The van der Waals surface area contributed by atoms with Crippen LogP contribution in [0, 0.1) is 0 Å². The molecule has 15 heavy (non-hydrogen) atoms. The van der Waals surface area contributed by atoms with E-state index in [1.165, 1.54) is 22.2 Å². The Labute approximate surface area is 89.1 Å². The van der Waals surface area contributed by atoms with Crippen molar-refractivity contribution in [1.82, 2.24) is 14.9 Å². The van der Waals surface area contributed by atoms with Crippen LogP contribution >= 0.6 is 0 Å². The van der Waals surface area contributed by atoms with Gasteiger partial charge in [0.1, 0.15) is 0 Å². The van der Waals surface area contributed by atoms with Crippen molar-refractivity contribution in [2.24, 2.45) is 0 Å². The average Bonchev–Trinajstić information content (AvgIpc) is 2.73. The van der Waals surface area contributed by atoms with Gasteiger partial charge in [-0.05, 0) is 32.1 Å². The molecule has 1 aliphatic carbocycles. The van der Waals surface area contributed by atoms with Crippen molar-refractivity contribution < 1.29 is 0 Å². The lowest BCUT2D eigenvalue weighted by Crippen LogP contribution is -2.28. The number of fused-ring (bicyclic) bond motifs is 3. The molecule has 2 heterocycles. The lowest BCUT2D eigenvalue weighted by atomic mass is 10.1. The normalized spacial score (nSPS) is 20.1. The van der Waals surface area contributed by atoms with Crippen molar-refractivity contribution in [3.05, 3.63) is 29.7 Å². The number of rotatable bonds is 1. The topological polar surface area (TPSA) is 31.9 Å². The number of hydrogen-bond acceptors (Lipinski definition) is 2. The molecule has 2 aromatic heterocycles. The highest BCUT2D eigenvalue weighted by Crippen LogP contribution is 2.30. The molecule has 0 bridgehead atoms. The van der Waals surface area contributed by atoms with Crippen molar-refractivity contribution in [3.63, 3.8) is 0 Å². The summed E-state index contributed by atoms with van der Waals surface area (Å²) in [4.78, 5) is 9.92. The van der Waals surface area contributed by atoms with E-state index < -0.39 is 0 Å². The smallest absolute Gasteiger partial charge is 0.0645 e. The Morgan fingerprint density at radius 3 is 3.07 bits per heavy atom. The van der Waals surface area contributed by atoms with Gasteiger partial charge in [0, 0.05) is 29.7 Å². The summed E-state index contributed by atoms with van der Waals surface area (Å²) >= 11 is 0.